The van der Waals surface area contributed by atoms with Gasteiger partial charge in [-0.05, 0) is 18.2 Å². The summed E-state index contributed by atoms with van der Waals surface area (Å²) in [4.78, 5) is 11.6. The van der Waals surface area contributed by atoms with Crippen LogP contribution < -0.4 is 5.32 Å². The number of rotatable bonds is 2. The quantitative estimate of drug-likeness (QED) is 0.856. The predicted octanol–water partition coefficient (Wildman–Crippen LogP) is 3.08. The Morgan fingerprint density at radius 2 is 2.00 bits per heavy atom. The normalized spacial score (nSPS) is 11.4. The summed E-state index contributed by atoms with van der Waals surface area (Å²) in [5.74, 6) is -2.13. The summed E-state index contributed by atoms with van der Waals surface area (Å²) in [6.45, 7) is 0. The number of nitrogens with zero attached hydrogens (tertiary/aromatic N) is 1. The number of hydrogen-bond donors (Lipinski definition) is 1. The van der Waals surface area contributed by atoms with Gasteiger partial charge in [-0.25, -0.2) is 4.39 Å². The molecule has 0 atom stereocenters. The van der Waals surface area contributed by atoms with Crippen LogP contribution in [0.2, 0.25) is 0 Å². The van der Waals surface area contributed by atoms with Gasteiger partial charge in [0, 0.05) is 6.07 Å². The minimum absolute atomic E-state index is 0.0261. The Balaban J connectivity index is 2.31. The van der Waals surface area contributed by atoms with Gasteiger partial charge in [0.1, 0.15) is 12.1 Å². The van der Waals surface area contributed by atoms with Gasteiger partial charge in [-0.15, -0.1) is 0 Å². The van der Waals surface area contributed by atoms with E-state index in [4.69, 9.17) is 0 Å². The van der Waals surface area contributed by atoms with Gasteiger partial charge in [-0.3, -0.25) is 4.79 Å². The highest BCUT2D eigenvalue weighted by Crippen LogP contribution is 2.30. The van der Waals surface area contributed by atoms with Gasteiger partial charge >= 0.3 is 6.18 Å². The zero-order chi connectivity index (χ0) is 14.0. The molecule has 0 bridgehead atoms. The topological polar surface area (TPSA) is 55.1 Å². The van der Waals surface area contributed by atoms with Crippen molar-refractivity contribution in [2.75, 3.05) is 5.32 Å². The van der Waals surface area contributed by atoms with Crippen molar-refractivity contribution in [3.05, 3.63) is 47.5 Å². The number of carbonyl (C=O) groups is 1. The van der Waals surface area contributed by atoms with E-state index in [0.717, 1.165) is 6.26 Å². The highest BCUT2D eigenvalue weighted by molar-refractivity contribution is 6.04. The van der Waals surface area contributed by atoms with Gasteiger partial charge < -0.3 is 9.84 Å². The first-order valence-corrected chi connectivity index (χ1v) is 4.96. The van der Waals surface area contributed by atoms with E-state index >= 15 is 0 Å². The minimum Gasteiger partial charge on any atom is -0.363 e. The maximum Gasteiger partial charge on any atom is 0.416 e. The van der Waals surface area contributed by atoms with E-state index in [9.17, 15) is 22.4 Å². The summed E-state index contributed by atoms with van der Waals surface area (Å²) in [6.07, 6.45) is -3.51. The number of aromatic nitrogens is 1. The van der Waals surface area contributed by atoms with Crippen molar-refractivity contribution in [3.8, 4) is 0 Å². The van der Waals surface area contributed by atoms with Crippen LogP contribution in [0, 0.1) is 5.82 Å². The van der Waals surface area contributed by atoms with Gasteiger partial charge in [-0.1, -0.05) is 5.16 Å². The van der Waals surface area contributed by atoms with E-state index in [0.29, 0.717) is 18.2 Å². The maximum atomic E-state index is 13.4. The van der Waals surface area contributed by atoms with E-state index < -0.39 is 29.0 Å². The third-order valence-corrected chi connectivity index (χ3v) is 2.22. The van der Waals surface area contributed by atoms with Crippen molar-refractivity contribution in [3.63, 3.8) is 0 Å². The zero-order valence-corrected chi connectivity index (χ0v) is 9.16. The molecule has 4 nitrogen and oxygen atoms in total. The first-order chi connectivity index (χ1) is 8.88. The van der Waals surface area contributed by atoms with E-state index in [-0.39, 0.29) is 5.82 Å². The molecule has 0 aliphatic carbocycles. The molecule has 1 heterocycles. The largest absolute Gasteiger partial charge is 0.416 e. The molecule has 0 aliphatic rings. The fourth-order valence-electron chi connectivity index (χ4n) is 1.34. The summed E-state index contributed by atoms with van der Waals surface area (Å²) < 4.78 is 55.2. The number of amides is 1. The predicted molar refractivity (Wildman–Crippen MR) is 55.9 cm³/mol. The molecule has 0 aliphatic heterocycles. The van der Waals surface area contributed by atoms with E-state index in [1.165, 1.54) is 6.07 Å². The number of alkyl halides is 3. The van der Waals surface area contributed by atoms with E-state index in [1.54, 1.807) is 0 Å². The van der Waals surface area contributed by atoms with Crippen molar-refractivity contribution in [2.45, 2.75) is 6.18 Å². The van der Waals surface area contributed by atoms with Gasteiger partial charge in [0.05, 0.1) is 11.1 Å². The molecule has 8 heteroatoms. The number of hydrogen-bond acceptors (Lipinski definition) is 3. The summed E-state index contributed by atoms with van der Waals surface area (Å²) >= 11 is 0. The number of anilines is 1. The van der Waals surface area contributed by atoms with Gasteiger partial charge in [0.2, 0.25) is 0 Å². The Morgan fingerprint density at radius 1 is 1.26 bits per heavy atom. The number of carbonyl (C=O) groups excluding carboxylic acids is 1. The first kappa shape index (κ1) is 13.1. The molecule has 0 fully saturated rings. The Kier molecular flexibility index (Phi) is 3.24. The molecule has 19 heavy (non-hydrogen) atoms. The van der Waals surface area contributed by atoms with Crippen molar-refractivity contribution < 1.29 is 26.9 Å². The minimum atomic E-state index is -4.66. The third-order valence-electron chi connectivity index (χ3n) is 2.22. The monoisotopic (exact) mass is 274 g/mol. The Labute approximate surface area is 104 Å². The second-order valence-corrected chi connectivity index (χ2v) is 3.53. The lowest BCUT2D eigenvalue weighted by molar-refractivity contribution is -0.137. The Hall–Kier alpha value is -2.38. The summed E-state index contributed by atoms with van der Waals surface area (Å²) in [5, 5.41) is 5.44. The maximum absolute atomic E-state index is 13.4. The van der Waals surface area contributed by atoms with Crippen LogP contribution in [0.1, 0.15) is 15.9 Å². The first-order valence-electron chi connectivity index (χ1n) is 4.96. The van der Waals surface area contributed by atoms with Crippen molar-refractivity contribution in [1.29, 1.82) is 0 Å². The molecule has 1 N–H and O–H groups in total. The Bertz CT molecular complexity index is 593. The number of nitrogens with one attached hydrogen (secondary N) is 1. The molecule has 0 spiro atoms. The van der Waals surface area contributed by atoms with Crippen LogP contribution in [0.25, 0.3) is 0 Å². The molecule has 1 amide bonds. The summed E-state index contributed by atoms with van der Waals surface area (Å²) in [6, 6.07) is 2.84. The number of benzene rings is 1. The van der Waals surface area contributed by atoms with Gasteiger partial charge in [0.25, 0.3) is 5.91 Å². The highest BCUT2D eigenvalue weighted by atomic mass is 19.4. The van der Waals surface area contributed by atoms with Crippen molar-refractivity contribution >= 4 is 11.7 Å². The average Bonchev–Trinajstić information content (AvgIpc) is 2.80. The van der Waals surface area contributed by atoms with Gasteiger partial charge in [-0.2, -0.15) is 13.2 Å². The molecule has 0 radical (unpaired) electrons. The van der Waals surface area contributed by atoms with Crippen LogP contribution >= 0.6 is 0 Å². The molecule has 0 unspecified atom stereocenters. The third kappa shape index (κ3) is 2.90. The fourth-order valence-corrected chi connectivity index (χ4v) is 1.34. The SMILES string of the molecule is O=C(Nc1ccon1)c1cc(C(F)(F)F)ccc1F. The van der Waals surface area contributed by atoms with E-state index in [1.807, 2.05) is 0 Å². The molecular formula is C11H6F4N2O2. The number of halogens is 4. The molecule has 0 saturated carbocycles. The van der Waals surface area contributed by atoms with Gasteiger partial charge in [0.15, 0.2) is 5.82 Å². The summed E-state index contributed by atoms with van der Waals surface area (Å²) in [5.41, 5.74) is -1.84. The molecule has 100 valence electrons. The van der Waals surface area contributed by atoms with Crippen LogP contribution in [0.4, 0.5) is 23.4 Å². The lowest BCUT2D eigenvalue weighted by atomic mass is 10.1. The molecule has 1 aromatic carbocycles. The van der Waals surface area contributed by atoms with Crippen LogP contribution in [-0.4, -0.2) is 11.1 Å². The lowest BCUT2D eigenvalue weighted by Gasteiger charge is -2.09. The molecule has 2 rings (SSSR count). The second kappa shape index (κ2) is 4.71. The molecule has 0 saturated heterocycles. The molecule has 1 aromatic heterocycles. The van der Waals surface area contributed by atoms with Crippen molar-refractivity contribution in [2.24, 2.45) is 0 Å². The van der Waals surface area contributed by atoms with Crippen LogP contribution in [0.15, 0.2) is 35.1 Å². The zero-order valence-electron chi connectivity index (χ0n) is 9.16. The molecule has 2 aromatic rings. The second-order valence-electron chi connectivity index (χ2n) is 3.53. The highest BCUT2D eigenvalue weighted by Gasteiger charge is 2.32. The standard InChI is InChI=1S/C11H6F4N2O2/c12-8-2-1-6(11(13,14)15)5-7(8)10(18)16-9-3-4-19-17-9/h1-5H,(H,16,17,18). The van der Waals surface area contributed by atoms with E-state index in [2.05, 4.69) is 15.0 Å². The molecular weight excluding hydrogens is 268 g/mol. The van der Waals surface area contributed by atoms with Crippen LogP contribution in [0.3, 0.4) is 0 Å². The van der Waals surface area contributed by atoms with Crippen LogP contribution in [0.5, 0.6) is 0 Å². The van der Waals surface area contributed by atoms with Crippen LogP contribution in [-0.2, 0) is 6.18 Å². The smallest absolute Gasteiger partial charge is 0.363 e. The fraction of sp³-hybridized carbons (Fsp3) is 0.0909. The summed E-state index contributed by atoms with van der Waals surface area (Å²) in [7, 11) is 0. The van der Waals surface area contributed by atoms with Crippen molar-refractivity contribution in [1.82, 2.24) is 5.16 Å². The Morgan fingerprint density at radius 3 is 2.58 bits per heavy atom. The lowest BCUT2D eigenvalue weighted by Crippen LogP contribution is -2.16. The average molecular weight is 274 g/mol.